The quantitative estimate of drug-likeness (QED) is 0.672. The molecule has 0 aliphatic rings. The number of carbonyl (C=O) groups excluding carboxylic acids is 1. The fourth-order valence-corrected chi connectivity index (χ4v) is 1.84. The number of pyridine rings is 1. The van der Waals surface area contributed by atoms with Crippen LogP contribution in [0.1, 0.15) is 39.4 Å². The van der Waals surface area contributed by atoms with Gasteiger partial charge in [0.1, 0.15) is 5.60 Å². The van der Waals surface area contributed by atoms with E-state index in [0.29, 0.717) is 0 Å². The van der Waals surface area contributed by atoms with E-state index in [1.54, 1.807) is 25.3 Å². The SMILES string of the molecule is C[C@@H](O)c1ccc(SCC(=O)OC(C)(C)C)nc1. The van der Waals surface area contributed by atoms with E-state index in [1.807, 2.05) is 20.8 Å². The van der Waals surface area contributed by atoms with Crippen molar-refractivity contribution < 1.29 is 14.6 Å². The highest BCUT2D eigenvalue weighted by Crippen LogP contribution is 2.19. The van der Waals surface area contributed by atoms with Crippen molar-refractivity contribution in [2.45, 2.75) is 44.4 Å². The summed E-state index contributed by atoms with van der Waals surface area (Å²) in [6.45, 7) is 7.20. The third-order valence-electron chi connectivity index (χ3n) is 2.00. The summed E-state index contributed by atoms with van der Waals surface area (Å²) in [5.41, 5.74) is 0.304. The van der Waals surface area contributed by atoms with E-state index in [1.165, 1.54) is 11.8 Å². The Bertz CT molecular complexity index is 396. The van der Waals surface area contributed by atoms with Crippen molar-refractivity contribution in [3.8, 4) is 0 Å². The standard InChI is InChI=1S/C13H19NO3S/c1-9(15)10-5-6-11(14-7-10)18-8-12(16)17-13(2,3)4/h5-7,9,15H,8H2,1-4H3/t9-/m1/s1. The molecule has 1 heterocycles. The van der Waals surface area contributed by atoms with Crippen molar-refractivity contribution in [1.82, 2.24) is 4.98 Å². The summed E-state index contributed by atoms with van der Waals surface area (Å²) in [5.74, 6) is -0.0212. The van der Waals surface area contributed by atoms with Gasteiger partial charge in [-0.3, -0.25) is 4.79 Å². The lowest BCUT2D eigenvalue weighted by molar-refractivity contribution is -0.151. The van der Waals surface area contributed by atoms with Gasteiger partial charge in [-0.05, 0) is 39.3 Å². The molecule has 0 fully saturated rings. The summed E-state index contributed by atoms with van der Waals surface area (Å²) in [6.07, 6.45) is 1.09. The van der Waals surface area contributed by atoms with E-state index in [2.05, 4.69) is 4.98 Å². The number of carbonyl (C=O) groups is 1. The minimum atomic E-state index is -0.526. The predicted octanol–water partition coefficient (Wildman–Crippen LogP) is 2.57. The van der Waals surface area contributed by atoms with Gasteiger partial charge >= 0.3 is 5.97 Å². The van der Waals surface area contributed by atoms with Crippen molar-refractivity contribution in [2.24, 2.45) is 0 Å². The minimum Gasteiger partial charge on any atom is -0.459 e. The molecule has 0 saturated carbocycles. The maximum absolute atomic E-state index is 11.5. The molecule has 1 atom stereocenters. The van der Waals surface area contributed by atoms with Crippen molar-refractivity contribution in [2.75, 3.05) is 5.75 Å². The molecule has 0 aliphatic heterocycles. The largest absolute Gasteiger partial charge is 0.459 e. The normalized spacial score (nSPS) is 13.2. The number of aliphatic hydroxyl groups excluding tert-OH is 1. The Morgan fingerprint density at radius 1 is 1.50 bits per heavy atom. The van der Waals surface area contributed by atoms with E-state index in [9.17, 15) is 9.90 Å². The maximum atomic E-state index is 11.5. The molecule has 1 N–H and O–H groups in total. The molecule has 0 unspecified atom stereocenters. The van der Waals surface area contributed by atoms with Crippen LogP contribution in [0.2, 0.25) is 0 Å². The van der Waals surface area contributed by atoms with Crippen LogP contribution in [-0.2, 0) is 9.53 Å². The average Bonchev–Trinajstić information content (AvgIpc) is 2.24. The van der Waals surface area contributed by atoms with Crippen LogP contribution in [0, 0.1) is 0 Å². The molecular weight excluding hydrogens is 250 g/mol. The summed E-state index contributed by atoms with van der Waals surface area (Å²) in [7, 11) is 0. The fourth-order valence-electron chi connectivity index (χ4n) is 1.23. The molecule has 0 radical (unpaired) electrons. The first kappa shape index (κ1) is 15.0. The van der Waals surface area contributed by atoms with Gasteiger partial charge in [0.25, 0.3) is 0 Å². The smallest absolute Gasteiger partial charge is 0.316 e. The lowest BCUT2D eigenvalue weighted by Gasteiger charge is -2.19. The molecule has 0 aromatic carbocycles. The molecule has 0 spiro atoms. The average molecular weight is 269 g/mol. The fraction of sp³-hybridized carbons (Fsp3) is 0.538. The van der Waals surface area contributed by atoms with Gasteiger partial charge in [-0.25, -0.2) is 4.98 Å². The van der Waals surface area contributed by atoms with Gasteiger partial charge in [-0.2, -0.15) is 0 Å². The first-order valence-electron chi connectivity index (χ1n) is 5.76. The topological polar surface area (TPSA) is 59.4 Å². The molecule has 0 saturated heterocycles. The molecule has 1 rings (SSSR count). The van der Waals surface area contributed by atoms with Gasteiger partial charge < -0.3 is 9.84 Å². The first-order valence-corrected chi connectivity index (χ1v) is 6.75. The van der Waals surface area contributed by atoms with Crippen LogP contribution in [0.3, 0.4) is 0 Å². The second-order valence-corrected chi connectivity index (χ2v) is 5.98. The van der Waals surface area contributed by atoms with Crippen LogP contribution in [0.15, 0.2) is 23.4 Å². The summed E-state index contributed by atoms with van der Waals surface area (Å²) in [5, 5.41) is 10.1. The molecular formula is C13H19NO3S. The number of aliphatic hydroxyl groups is 1. The third-order valence-corrected chi connectivity index (χ3v) is 2.92. The molecule has 100 valence electrons. The van der Waals surface area contributed by atoms with Crippen molar-refractivity contribution in [3.63, 3.8) is 0 Å². The van der Waals surface area contributed by atoms with E-state index < -0.39 is 11.7 Å². The van der Waals surface area contributed by atoms with Gasteiger partial charge in [-0.15, -0.1) is 0 Å². The molecule has 0 bridgehead atoms. The van der Waals surface area contributed by atoms with Crippen molar-refractivity contribution >= 4 is 17.7 Å². The van der Waals surface area contributed by atoms with Crippen LogP contribution in [-0.4, -0.2) is 27.4 Å². The monoisotopic (exact) mass is 269 g/mol. The van der Waals surface area contributed by atoms with Crippen LogP contribution in [0.4, 0.5) is 0 Å². The molecule has 18 heavy (non-hydrogen) atoms. The van der Waals surface area contributed by atoms with Crippen LogP contribution in [0.5, 0.6) is 0 Å². The van der Waals surface area contributed by atoms with Gasteiger partial charge in [0.2, 0.25) is 0 Å². The van der Waals surface area contributed by atoms with E-state index in [4.69, 9.17) is 4.74 Å². The van der Waals surface area contributed by atoms with Gasteiger partial charge in [-0.1, -0.05) is 17.8 Å². The summed E-state index contributed by atoms with van der Waals surface area (Å²) < 4.78 is 5.19. The number of rotatable bonds is 4. The first-order chi connectivity index (χ1) is 8.28. The number of thioether (sulfide) groups is 1. The Labute approximate surface area is 112 Å². The summed E-state index contributed by atoms with van der Waals surface area (Å²) >= 11 is 1.32. The Hall–Kier alpha value is -1.07. The predicted molar refractivity (Wildman–Crippen MR) is 71.4 cm³/mol. The van der Waals surface area contributed by atoms with Crippen molar-refractivity contribution in [1.29, 1.82) is 0 Å². The maximum Gasteiger partial charge on any atom is 0.316 e. The zero-order valence-corrected chi connectivity index (χ0v) is 12.0. The molecule has 4 nitrogen and oxygen atoms in total. The Kier molecular flexibility index (Phi) is 5.16. The highest BCUT2D eigenvalue weighted by molar-refractivity contribution is 7.99. The zero-order valence-electron chi connectivity index (χ0n) is 11.1. The molecule has 1 aromatic heterocycles. The third kappa shape index (κ3) is 5.51. The van der Waals surface area contributed by atoms with E-state index in [-0.39, 0.29) is 11.7 Å². The minimum absolute atomic E-state index is 0.234. The number of hydrogen-bond donors (Lipinski definition) is 1. The lowest BCUT2D eigenvalue weighted by atomic mass is 10.2. The van der Waals surface area contributed by atoms with E-state index in [0.717, 1.165) is 10.6 Å². The van der Waals surface area contributed by atoms with Crippen molar-refractivity contribution in [3.05, 3.63) is 23.9 Å². The number of hydrogen-bond acceptors (Lipinski definition) is 5. The van der Waals surface area contributed by atoms with Crippen LogP contribution in [0.25, 0.3) is 0 Å². The molecule has 5 heteroatoms. The number of nitrogens with zero attached hydrogens (tertiary/aromatic N) is 1. The lowest BCUT2D eigenvalue weighted by Crippen LogP contribution is -2.24. The number of esters is 1. The van der Waals surface area contributed by atoms with Gasteiger partial charge in [0.15, 0.2) is 0 Å². The molecule has 1 aromatic rings. The number of ether oxygens (including phenoxy) is 1. The summed E-state index contributed by atoms with van der Waals surface area (Å²) in [4.78, 5) is 15.7. The highest BCUT2D eigenvalue weighted by atomic mass is 32.2. The second-order valence-electron chi connectivity index (χ2n) is 4.98. The second kappa shape index (κ2) is 6.20. The Balaban J connectivity index is 2.46. The highest BCUT2D eigenvalue weighted by Gasteiger charge is 2.16. The molecule has 0 amide bonds. The number of aromatic nitrogens is 1. The van der Waals surface area contributed by atoms with Crippen LogP contribution < -0.4 is 0 Å². The summed E-state index contributed by atoms with van der Waals surface area (Å²) in [6, 6.07) is 3.59. The van der Waals surface area contributed by atoms with Gasteiger partial charge in [0.05, 0.1) is 16.9 Å². The molecule has 0 aliphatic carbocycles. The van der Waals surface area contributed by atoms with E-state index >= 15 is 0 Å². The van der Waals surface area contributed by atoms with Crippen LogP contribution >= 0.6 is 11.8 Å². The van der Waals surface area contributed by atoms with Gasteiger partial charge in [0, 0.05) is 6.20 Å². The Morgan fingerprint density at radius 3 is 2.61 bits per heavy atom. The zero-order chi connectivity index (χ0) is 13.8. The Morgan fingerprint density at radius 2 is 2.17 bits per heavy atom.